The van der Waals surface area contributed by atoms with Gasteiger partial charge in [0, 0.05) is 25.8 Å². The molecule has 0 amide bonds. The smallest absolute Gasteiger partial charge is 0.0488 e. The molecular weight excluding hydrogens is 464 g/mol. The molecule has 2 aromatic carbocycles. The van der Waals surface area contributed by atoms with E-state index in [1.165, 1.54) is 65.9 Å². The largest absolute Gasteiger partial charge is 0.381 e. The van der Waals surface area contributed by atoms with E-state index in [1.807, 2.05) is 0 Å². The Morgan fingerprint density at radius 3 is 2.29 bits per heavy atom. The van der Waals surface area contributed by atoms with Gasteiger partial charge in [-0.05, 0) is 109 Å². The minimum atomic E-state index is 0.515. The van der Waals surface area contributed by atoms with Crippen molar-refractivity contribution in [3.8, 4) is 11.1 Å². The van der Waals surface area contributed by atoms with Gasteiger partial charge < -0.3 is 15.0 Å². The lowest BCUT2D eigenvalue weighted by atomic mass is 9.85. The van der Waals surface area contributed by atoms with E-state index in [0.717, 1.165) is 51.4 Å². The summed E-state index contributed by atoms with van der Waals surface area (Å²) in [5.74, 6) is 2.02. The zero-order chi connectivity index (χ0) is 27.5. The van der Waals surface area contributed by atoms with Crippen LogP contribution in [0.1, 0.15) is 95.9 Å². The summed E-state index contributed by atoms with van der Waals surface area (Å²) in [6.07, 6.45) is 6.85. The maximum atomic E-state index is 5.87. The zero-order valence-corrected chi connectivity index (χ0v) is 25.6. The van der Waals surface area contributed by atoms with Crippen LogP contribution < -0.4 is 5.32 Å². The number of ether oxygens (including phenoxy) is 1. The molecule has 3 nitrogen and oxygen atoms in total. The number of piperidine rings is 1. The minimum Gasteiger partial charge on any atom is -0.381 e. The molecule has 38 heavy (non-hydrogen) atoms. The lowest BCUT2D eigenvalue weighted by Crippen LogP contribution is -2.35. The van der Waals surface area contributed by atoms with Gasteiger partial charge in [0.15, 0.2) is 0 Å². The van der Waals surface area contributed by atoms with Crippen LogP contribution in [0.4, 0.5) is 0 Å². The molecule has 0 saturated carbocycles. The van der Waals surface area contributed by atoms with Crippen molar-refractivity contribution in [1.29, 1.82) is 0 Å². The highest BCUT2D eigenvalue weighted by Crippen LogP contribution is 2.34. The van der Waals surface area contributed by atoms with Crippen molar-refractivity contribution in [2.75, 3.05) is 39.4 Å². The van der Waals surface area contributed by atoms with E-state index in [9.17, 15) is 0 Å². The van der Waals surface area contributed by atoms with Crippen molar-refractivity contribution in [3.05, 3.63) is 58.7 Å². The zero-order valence-electron chi connectivity index (χ0n) is 25.6. The second kappa shape index (κ2) is 15.8. The summed E-state index contributed by atoms with van der Waals surface area (Å²) in [6.45, 7) is 22.3. The molecule has 1 aliphatic heterocycles. The first kappa shape index (κ1) is 30.9. The SMILES string of the molecule is CCc1cc(CCCOCC(C)C)cc(-c2cc(C3CCN(CC(C)C)CC3)ccc2CCNC(C)C)c1. The Labute approximate surface area is 234 Å². The maximum absolute atomic E-state index is 5.87. The van der Waals surface area contributed by atoms with Crippen LogP contribution in [0.2, 0.25) is 0 Å². The minimum absolute atomic E-state index is 0.515. The van der Waals surface area contributed by atoms with Gasteiger partial charge in [-0.25, -0.2) is 0 Å². The summed E-state index contributed by atoms with van der Waals surface area (Å²) in [4.78, 5) is 2.66. The van der Waals surface area contributed by atoms with Crippen molar-refractivity contribution in [2.45, 2.75) is 99.0 Å². The fraction of sp³-hybridized carbons (Fsp3) is 0.657. The van der Waals surface area contributed by atoms with Gasteiger partial charge in [-0.1, -0.05) is 84.9 Å². The third kappa shape index (κ3) is 10.1. The molecular formula is C35H56N2O. The molecule has 1 aliphatic rings. The normalized spacial score (nSPS) is 15.3. The van der Waals surface area contributed by atoms with Crippen LogP contribution in [0.3, 0.4) is 0 Å². The number of benzene rings is 2. The molecule has 212 valence electrons. The molecule has 0 bridgehead atoms. The second-order valence-corrected chi connectivity index (χ2v) is 12.7. The highest BCUT2D eigenvalue weighted by molar-refractivity contribution is 5.70. The molecule has 3 heteroatoms. The molecule has 0 unspecified atom stereocenters. The molecule has 3 rings (SSSR count). The molecule has 0 aliphatic carbocycles. The van der Waals surface area contributed by atoms with Crippen LogP contribution in [0, 0.1) is 11.8 Å². The van der Waals surface area contributed by atoms with E-state index < -0.39 is 0 Å². The van der Waals surface area contributed by atoms with Gasteiger partial charge in [0.1, 0.15) is 0 Å². The lowest BCUT2D eigenvalue weighted by molar-refractivity contribution is 0.108. The topological polar surface area (TPSA) is 24.5 Å². The Hall–Kier alpha value is -1.68. The van der Waals surface area contributed by atoms with Crippen LogP contribution in [-0.4, -0.2) is 50.3 Å². The Morgan fingerprint density at radius 1 is 0.895 bits per heavy atom. The van der Waals surface area contributed by atoms with Crippen LogP contribution in [0.25, 0.3) is 11.1 Å². The van der Waals surface area contributed by atoms with Crippen LogP contribution in [0.15, 0.2) is 36.4 Å². The van der Waals surface area contributed by atoms with Crippen molar-refractivity contribution < 1.29 is 4.74 Å². The van der Waals surface area contributed by atoms with E-state index in [4.69, 9.17) is 4.74 Å². The summed E-state index contributed by atoms with van der Waals surface area (Å²) in [6, 6.07) is 15.3. The van der Waals surface area contributed by atoms with Crippen molar-refractivity contribution >= 4 is 0 Å². The van der Waals surface area contributed by atoms with E-state index >= 15 is 0 Å². The number of nitrogens with one attached hydrogen (secondary N) is 1. The van der Waals surface area contributed by atoms with Gasteiger partial charge in [0.05, 0.1) is 0 Å². The predicted octanol–water partition coefficient (Wildman–Crippen LogP) is 7.90. The van der Waals surface area contributed by atoms with Crippen LogP contribution in [-0.2, 0) is 24.0 Å². The molecule has 1 N–H and O–H groups in total. The number of hydrogen-bond donors (Lipinski definition) is 1. The first-order valence-electron chi connectivity index (χ1n) is 15.5. The third-order valence-electron chi connectivity index (χ3n) is 7.74. The Kier molecular flexibility index (Phi) is 12.8. The van der Waals surface area contributed by atoms with E-state index in [0.29, 0.717) is 17.9 Å². The summed E-state index contributed by atoms with van der Waals surface area (Å²) in [5.41, 5.74) is 8.76. The van der Waals surface area contributed by atoms with Crippen molar-refractivity contribution in [1.82, 2.24) is 10.2 Å². The molecule has 0 aromatic heterocycles. The van der Waals surface area contributed by atoms with Gasteiger partial charge in [-0.15, -0.1) is 0 Å². The molecule has 1 saturated heterocycles. The Morgan fingerprint density at radius 2 is 1.63 bits per heavy atom. The van der Waals surface area contributed by atoms with E-state index in [2.05, 4.69) is 95.1 Å². The first-order chi connectivity index (χ1) is 18.2. The van der Waals surface area contributed by atoms with E-state index in [-0.39, 0.29) is 0 Å². The molecule has 0 spiro atoms. The average Bonchev–Trinajstić information content (AvgIpc) is 2.88. The molecule has 0 atom stereocenters. The van der Waals surface area contributed by atoms with Gasteiger partial charge >= 0.3 is 0 Å². The number of hydrogen-bond acceptors (Lipinski definition) is 3. The first-order valence-corrected chi connectivity index (χ1v) is 15.5. The van der Waals surface area contributed by atoms with Gasteiger partial charge in [0.2, 0.25) is 0 Å². The van der Waals surface area contributed by atoms with Gasteiger partial charge in [-0.2, -0.15) is 0 Å². The highest BCUT2D eigenvalue weighted by Gasteiger charge is 2.22. The molecule has 2 aromatic rings. The van der Waals surface area contributed by atoms with Crippen molar-refractivity contribution in [2.24, 2.45) is 11.8 Å². The molecule has 1 fully saturated rings. The van der Waals surface area contributed by atoms with E-state index in [1.54, 1.807) is 0 Å². The molecule has 1 heterocycles. The Bertz CT molecular complexity index is 956. The summed E-state index contributed by atoms with van der Waals surface area (Å²) in [5, 5.41) is 3.63. The van der Waals surface area contributed by atoms with Gasteiger partial charge in [0.25, 0.3) is 0 Å². The fourth-order valence-electron chi connectivity index (χ4n) is 5.76. The maximum Gasteiger partial charge on any atom is 0.0488 e. The van der Waals surface area contributed by atoms with Gasteiger partial charge in [-0.3, -0.25) is 0 Å². The quantitative estimate of drug-likeness (QED) is 0.242. The van der Waals surface area contributed by atoms with Crippen LogP contribution in [0.5, 0.6) is 0 Å². The number of likely N-dealkylation sites (tertiary alicyclic amines) is 1. The number of aryl methyl sites for hydroxylation is 2. The van der Waals surface area contributed by atoms with Crippen molar-refractivity contribution in [3.63, 3.8) is 0 Å². The average molecular weight is 521 g/mol. The number of nitrogens with zero attached hydrogens (tertiary/aromatic N) is 1. The molecule has 0 radical (unpaired) electrons. The third-order valence-corrected chi connectivity index (χ3v) is 7.74. The standard InChI is InChI=1S/C35H56N2O/c1-8-29-20-30(10-9-19-38-25-27(4)5)22-34(21-29)35-23-33(12-11-32(35)13-16-36-28(6)7)31-14-17-37(18-15-31)24-26(2)3/h11-12,20-23,26-28,31,36H,8-10,13-19,24-25H2,1-7H3. The second-order valence-electron chi connectivity index (χ2n) is 12.7. The number of rotatable bonds is 15. The summed E-state index contributed by atoms with van der Waals surface area (Å²) >= 11 is 0. The summed E-state index contributed by atoms with van der Waals surface area (Å²) < 4.78 is 5.87. The predicted molar refractivity (Wildman–Crippen MR) is 165 cm³/mol. The Balaban J connectivity index is 1.83. The summed E-state index contributed by atoms with van der Waals surface area (Å²) in [7, 11) is 0. The highest BCUT2D eigenvalue weighted by atomic mass is 16.5. The van der Waals surface area contributed by atoms with Crippen LogP contribution >= 0.6 is 0 Å². The lowest BCUT2D eigenvalue weighted by Gasteiger charge is -2.33. The monoisotopic (exact) mass is 520 g/mol. The fourth-order valence-corrected chi connectivity index (χ4v) is 5.76.